The Balaban J connectivity index is 1.87. The summed E-state index contributed by atoms with van der Waals surface area (Å²) in [7, 11) is 0. The van der Waals surface area contributed by atoms with Crippen LogP contribution in [0.4, 0.5) is 4.39 Å². The number of para-hydroxylation sites is 2. The van der Waals surface area contributed by atoms with Crippen LogP contribution in [-0.2, 0) is 0 Å². The molecule has 5 heteroatoms. The van der Waals surface area contributed by atoms with Crippen LogP contribution < -0.4 is 15.2 Å². The number of hydrogen-bond acceptors (Lipinski definition) is 3. The molecular weight excluding hydrogens is 293 g/mol. The molecule has 0 amide bonds. The molecule has 0 aliphatic carbocycles. The molecule has 3 rings (SSSR count). The molecule has 2 N–H and O–H groups in total. The van der Waals surface area contributed by atoms with Crippen LogP contribution in [-0.4, -0.2) is 12.7 Å². The van der Waals surface area contributed by atoms with E-state index in [1.165, 1.54) is 6.07 Å². The van der Waals surface area contributed by atoms with E-state index in [0.29, 0.717) is 34.3 Å². The van der Waals surface area contributed by atoms with Crippen LogP contribution in [0.25, 0.3) is 0 Å². The third-order valence-corrected chi connectivity index (χ3v) is 3.90. The van der Waals surface area contributed by atoms with Crippen molar-refractivity contribution in [3.8, 4) is 11.5 Å². The van der Waals surface area contributed by atoms with Crippen LogP contribution in [0.2, 0.25) is 5.02 Å². The number of ether oxygens (including phenoxy) is 2. The van der Waals surface area contributed by atoms with Gasteiger partial charge in [-0.2, -0.15) is 0 Å². The summed E-state index contributed by atoms with van der Waals surface area (Å²) in [4.78, 5) is 0. The second-order valence-corrected chi connectivity index (χ2v) is 5.47. The SMILES string of the molecule is Cc1cc(C(N)C2COc3ccccc3O2)c(Cl)cc1F. The normalized spacial score (nSPS) is 18.4. The summed E-state index contributed by atoms with van der Waals surface area (Å²) in [5.74, 6) is 1.00. The minimum atomic E-state index is -0.495. The van der Waals surface area contributed by atoms with Crippen molar-refractivity contribution < 1.29 is 13.9 Å². The zero-order valence-electron chi connectivity index (χ0n) is 11.5. The highest BCUT2D eigenvalue weighted by Crippen LogP contribution is 2.35. The zero-order chi connectivity index (χ0) is 15.0. The molecule has 1 aliphatic heterocycles. The molecule has 21 heavy (non-hydrogen) atoms. The molecule has 0 aromatic heterocycles. The summed E-state index contributed by atoms with van der Waals surface area (Å²) in [6.07, 6.45) is -0.373. The van der Waals surface area contributed by atoms with E-state index < -0.39 is 6.04 Å². The van der Waals surface area contributed by atoms with Crippen molar-refractivity contribution in [1.29, 1.82) is 0 Å². The van der Waals surface area contributed by atoms with E-state index in [4.69, 9.17) is 26.8 Å². The Morgan fingerprint density at radius 1 is 1.29 bits per heavy atom. The summed E-state index contributed by atoms with van der Waals surface area (Å²) in [5.41, 5.74) is 7.39. The smallest absolute Gasteiger partial charge is 0.161 e. The minimum Gasteiger partial charge on any atom is -0.486 e. The lowest BCUT2D eigenvalue weighted by atomic mass is 9.99. The number of hydrogen-bond donors (Lipinski definition) is 1. The first-order chi connectivity index (χ1) is 10.1. The Morgan fingerprint density at radius 3 is 2.76 bits per heavy atom. The summed E-state index contributed by atoms with van der Waals surface area (Å²) in [6.45, 7) is 2.00. The van der Waals surface area contributed by atoms with E-state index in [0.717, 1.165) is 0 Å². The molecule has 0 bridgehead atoms. The predicted molar refractivity (Wildman–Crippen MR) is 79.4 cm³/mol. The van der Waals surface area contributed by atoms with Crippen molar-refractivity contribution in [1.82, 2.24) is 0 Å². The van der Waals surface area contributed by atoms with Crippen LogP contribution in [0.3, 0.4) is 0 Å². The summed E-state index contributed by atoms with van der Waals surface area (Å²) in [6, 6.07) is 9.85. The van der Waals surface area contributed by atoms with E-state index in [9.17, 15) is 4.39 Å². The maximum absolute atomic E-state index is 13.5. The Kier molecular flexibility index (Phi) is 3.74. The lowest BCUT2D eigenvalue weighted by Gasteiger charge is -2.31. The predicted octanol–water partition coefficient (Wildman–Crippen LogP) is 3.63. The van der Waals surface area contributed by atoms with Crippen molar-refractivity contribution in [2.24, 2.45) is 5.73 Å². The van der Waals surface area contributed by atoms with Crippen molar-refractivity contribution in [3.63, 3.8) is 0 Å². The first-order valence-electron chi connectivity index (χ1n) is 6.66. The standard InChI is InChI=1S/C16H15ClFNO2/c1-9-6-10(11(17)7-12(9)18)16(19)15-8-20-13-4-2-3-5-14(13)21-15/h2-7,15-16H,8,19H2,1H3. The highest BCUT2D eigenvalue weighted by molar-refractivity contribution is 6.31. The van der Waals surface area contributed by atoms with Gasteiger partial charge in [-0.05, 0) is 42.3 Å². The van der Waals surface area contributed by atoms with E-state index >= 15 is 0 Å². The number of fused-ring (bicyclic) bond motifs is 1. The summed E-state index contributed by atoms with van der Waals surface area (Å²) in [5, 5.41) is 0.299. The average molecular weight is 308 g/mol. The maximum atomic E-state index is 13.5. The van der Waals surface area contributed by atoms with Crippen molar-refractivity contribution in [2.45, 2.75) is 19.1 Å². The van der Waals surface area contributed by atoms with Gasteiger partial charge in [-0.1, -0.05) is 23.7 Å². The van der Waals surface area contributed by atoms with Gasteiger partial charge in [0.1, 0.15) is 12.4 Å². The molecule has 0 radical (unpaired) electrons. The third-order valence-electron chi connectivity index (χ3n) is 3.57. The van der Waals surface area contributed by atoms with Gasteiger partial charge in [0.05, 0.1) is 6.04 Å². The van der Waals surface area contributed by atoms with Crippen LogP contribution in [0, 0.1) is 12.7 Å². The number of nitrogens with two attached hydrogens (primary N) is 1. The number of halogens is 2. The van der Waals surface area contributed by atoms with Gasteiger partial charge in [0.2, 0.25) is 0 Å². The molecule has 2 aromatic rings. The molecule has 0 spiro atoms. The highest BCUT2D eigenvalue weighted by atomic mass is 35.5. The van der Waals surface area contributed by atoms with Crippen molar-refractivity contribution in [2.75, 3.05) is 6.61 Å². The van der Waals surface area contributed by atoms with Gasteiger partial charge in [-0.25, -0.2) is 4.39 Å². The van der Waals surface area contributed by atoms with Gasteiger partial charge in [-0.15, -0.1) is 0 Å². The van der Waals surface area contributed by atoms with E-state index in [1.54, 1.807) is 13.0 Å². The monoisotopic (exact) mass is 307 g/mol. The fourth-order valence-corrected chi connectivity index (χ4v) is 2.62. The molecule has 0 saturated heterocycles. The molecular formula is C16H15ClFNO2. The van der Waals surface area contributed by atoms with E-state index in [2.05, 4.69) is 0 Å². The Morgan fingerprint density at radius 2 is 2.00 bits per heavy atom. The van der Waals surface area contributed by atoms with E-state index in [1.807, 2.05) is 24.3 Å². The lowest BCUT2D eigenvalue weighted by Crippen LogP contribution is -2.39. The Hall–Kier alpha value is -1.78. The highest BCUT2D eigenvalue weighted by Gasteiger charge is 2.29. The largest absolute Gasteiger partial charge is 0.486 e. The molecule has 0 saturated carbocycles. The topological polar surface area (TPSA) is 44.5 Å². The Bertz CT molecular complexity index is 677. The fourth-order valence-electron chi connectivity index (χ4n) is 2.35. The molecule has 1 aliphatic rings. The molecule has 3 nitrogen and oxygen atoms in total. The van der Waals surface area contributed by atoms with Crippen LogP contribution in [0.15, 0.2) is 36.4 Å². The second-order valence-electron chi connectivity index (χ2n) is 5.06. The van der Waals surface area contributed by atoms with Gasteiger partial charge < -0.3 is 15.2 Å². The first kappa shape index (κ1) is 14.2. The van der Waals surface area contributed by atoms with Gasteiger partial charge in [-0.3, -0.25) is 0 Å². The van der Waals surface area contributed by atoms with Crippen LogP contribution in [0.5, 0.6) is 11.5 Å². The number of aryl methyl sites for hydroxylation is 1. The average Bonchev–Trinajstić information content (AvgIpc) is 2.50. The molecule has 2 aromatic carbocycles. The zero-order valence-corrected chi connectivity index (χ0v) is 12.2. The molecule has 2 atom stereocenters. The Labute approximate surface area is 127 Å². The second kappa shape index (κ2) is 5.54. The van der Waals surface area contributed by atoms with Gasteiger partial charge in [0.25, 0.3) is 0 Å². The molecule has 2 unspecified atom stereocenters. The van der Waals surface area contributed by atoms with Crippen LogP contribution >= 0.6 is 11.6 Å². The molecule has 110 valence electrons. The minimum absolute atomic E-state index is 0.299. The lowest BCUT2D eigenvalue weighted by molar-refractivity contribution is 0.0721. The van der Waals surface area contributed by atoms with E-state index in [-0.39, 0.29) is 11.9 Å². The van der Waals surface area contributed by atoms with Gasteiger partial charge >= 0.3 is 0 Å². The maximum Gasteiger partial charge on any atom is 0.161 e. The molecule has 0 fully saturated rings. The summed E-state index contributed by atoms with van der Waals surface area (Å²) >= 11 is 6.10. The van der Waals surface area contributed by atoms with Crippen molar-refractivity contribution in [3.05, 3.63) is 58.4 Å². The van der Waals surface area contributed by atoms with Gasteiger partial charge in [0.15, 0.2) is 17.6 Å². The fraction of sp³-hybridized carbons (Fsp3) is 0.250. The van der Waals surface area contributed by atoms with Crippen LogP contribution in [0.1, 0.15) is 17.2 Å². The van der Waals surface area contributed by atoms with Crippen molar-refractivity contribution >= 4 is 11.6 Å². The first-order valence-corrected chi connectivity index (χ1v) is 7.03. The third kappa shape index (κ3) is 2.69. The number of rotatable bonds is 2. The van der Waals surface area contributed by atoms with Gasteiger partial charge in [0, 0.05) is 5.02 Å². The number of benzene rings is 2. The molecule has 1 heterocycles. The summed E-state index contributed by atoms with van der Waals surface area (Å²) < 4.78 is 25.0. The quantitative estimate of drug-likeness (QED) is 0.921.